The van der Waals surface area contributed by atoms with Crippen molar-refractivity contribution in [1.82, 2.24) is 14.8 Å². The lowest BCUT2D eigenvalue weighted by molar-refractivity contribution is -0.121. The third-order valence-corrected chi connectivity index (χ3v) is 5.12. The Hall–Kier alpha value is -3.85. The molecule has 6 nitrogen and oxygen atoms in total. The number of hydrogen-bond donors (Lipinski definition) is 1. The molecule has 3 amide bonds. The normalized spacial score (nSPS) is 15.3. The average molecular weight is 370 g/mol. The Morgan fingerprint density at radius 3 is 2.54 bits per heavy atom. The van der Waals surface area contributed by atoms with Crippen molar-refractivity contribution in [2.75, 3.05) is 7.05 Å². The molecule has 0 saturated carbocycles. The first-order valence-corrected chi connectivity index (χ1v) is 8.88. The molecular weight excluding hydrogens is 352 g/mol. The minimum atomic E-state index is -0.430. The molecule has 0 aliphatic carbocycles. The number of nitrogens with one attached hydrogen (secondary N) is 1. The lowest BCUT2D eigenvalue weighted by Gasteiger charge is -2.10. The van der Waals surface area contributed by atoms with Crippen molar-refractivity contribution < 1.29 is 9.59 Å². The second kappa shape index (κ2) is 6.71. The van der Waals surface area contributed by atoms with Gasteiger partial charge in [-0.2, -0.15) is 5.26 Å². The number of rotatable bonds is 3. The standard InChI is InChI=1S/C22H18N4O2/c1-14-18(11-19-21(27)25(2)22(28)24-19)17-9-5-6-10-20(17)26(14)13-16-8-4-3-7-15(16)12-23/h3-11H,13H2,1-2H3,(H,24,28)/b19-11+. The van der Waals surface area contributed by atoms with E-state index in [2.05, 4.69) is 16.0 Å². The molecule has 0 spiro atoms. The van der Waals surface area contributed by atoms with Crippen LogP contribution in [0.4, 0.5) is 4.79 Å². The summed E-state index contributed by atoms with van der Waals surface area (Å²) >= 11 is 0. The molecule has 0 atom stereocenters. The summed E-state index contributed by atoms with van der Waals surface area (Å²) in [6.45, 7) is 2.52. The fourth-order valence-electron chi connectivity index (χ4n) is 3.55. The zero-order chi connectivity index (χ0) is 19.8. The van der Waals surface area contributed by atoms with Crippen LogP contribution in [0.5, 0.6) is 0 Å². The summed E-state index contributed by atoms with van der Waals surface area (Å²) in [6.07, 6.45) is 1.73. The topological polar surface area (TPSA) is 78.1 Å². The summed E-state index contributed by atoms with van der Waals surface area (Å²) in [4.78, 5) is 25.1. The van der Waals surface area contributed by atoms with Crippen LogP contribution < -0.4 is 5.32 Å². The first-order chi connectivity index (χ1) is 13.5. The van der Waals surface area contributed by atoms with Gasteiger partial charge in [-0.3, -0.25) is 9.69 Å². The fraction of sp³-hybridized carbons (Fsp3) is 0.136. The average Bonchev–Trinajstić information content (AvgIpc) is 3.11. The number of carbonyl (C=O) groups is 2. The molecule has 1 N–H and O–H groups in total. The SMILES string of the molecule is Cc1c(/C=C2/NC(=O)N(C)C2=O)c2ccccc2n1Cc1ccccc1C#N. The van der Waals surface area contributed by atoms with Crippen LogP contribution in [0.3, 0.4) is 0 Å². The number of urea groups is 1. The predicted molar refractivity (Wildman–Crippen MR) is 106 cm³/mol. The number of nitriles is 1. The summed E-state index contributed by atoms with van der Waals surface area (Å²) in [6, 6.07) is 17.2. The minimum absolute atomic E-state index is 0.260. The summed E-state index contributed by atoms with van der Waals surface area (Å²) in [5.41, 5.74) is 4.67. The summed E-state index contributed by atoms with van der Waals surface area (Å²) < 4.78 is 2.13. The first kappa shape index (κ1) is 17.6. The van der Waals surface area contributed by atoms with Crippen LogP contribution in [-0.4, -0.2) is 28.5 Å². The van der Waals surface area contributed by atoms with Gasteiger partial charge in [-0.05, 0) is 30.7 Å². The number of benzene rings is 2. The molecule has 1 aromatic heterocycles. The van der Waals surface area contributed by atoms with Crippen LogP contribution >= 0.6 is 0 Å². The van der Waals surface area contributed by atoms with Crippen LogP contribution in [0.15, 0.2) is 54.2 Å². The maximum atomic E-state index is 12.3. The van der Waals surface area contributed by atoms with E-state index in [1.807, 2.05) is 55.5 Å². The van der Waals surface area contributed by atoms with Gasteiger partial charge in [-0.25, -0.2) is 4.79 Å². The van der Waals surface area contributed by atoms with Crippen molar-refractivity contribution in [1.29, 1.82) is 5.26 Å². The van der Waals surface area contributed by atoms with E-state index in [-0.39, 0.29) is 11.6 Å². The highest BCUT2D eigenvalue weighted by molar-refractivity contribution is 6.14. The minimum Gasteiger partial charge on any atom is -0.340 e. The number of para-hydroxylation sites is 1. The van der Waals surface area contributed by atoms with E-state index in [0.717, 1.165) is 32.6 Å². The van der Waals surface area contributed by atoms with Crippen LogP contribution in [0.25, 0.3) is 17.0 Å². The summed E-state index contributed by atoms with van der Waals surface area (Å²) in [5.74, 6) is -0.351. The molecule has 1 aliphatic rings. The highest BCUT2D eigenvalue weighted by Crippen LogP contribution is 2.29. The number of hydrogen-bond acceptors (Lipinski definition) is 3. The Labute approximate surface area is 162 Å². The van der Waals surface area contributed by atoms with Gasteiger partial charge in [0.1, 0.15) is 5.70 Å². The summed E-state index contributed by atoms with van der Waals surface area (Å²) in [7, 11) is 1.45. The highest BCUT2D eigenvalue weighted by Gasteiger charge is 2.30. The number of aromatic nitrogens is 1. The maximum absolute atomic E-state index is 12.3. The Morgan fingerprint density at radius 2 is 1.82 bits per heavy atom. The Morgan fingerprint density at radius 1 is 1.11 bits per heavy atom. The number of amides is 3. The van der Waals surface area contributed by atoms with Gasteiger partial charge in [0.2, 0.25) is 0 Å². The Kier molecular flexibility index (Phi) is 4.21. The van der Waals surface area contributed by atoms with E-state index in [4.69, 9.17) is 0 Å². The molecule has 0 radical (unpaired) electrons. The third-order valence-electron chi connectivity index (χ3n) is 5.12. The van der Waals surface area contributed by atoms with Gasteiger partial charge in [0, 0.05) is 35.8 Å². The van der Waals surface area contributed by atoms with E-state index in [0.29, 0.717) is 12.1 Å². The van der Waals surface area contributed by atoms with E-state index in [1.54, 1.807) is 6.08 Å². The zero-order valence-electron chi connectivity index (χ0n) is 15.6. The van der Waals surface area contributed by atoms with Crippen molar-refractivity contribution in [3.05, 3.63) is 76.6 Å². The van der Waals surface area contributed by atoms with Crippen LogP contribution in [-0.2, 0) is 11.3 Å². The van der Waals surface area contributed by atoms with Gasteiger partial charge < -0.3 is 9.88 Å². The monoisotopic (exact) mass is 370 g/mol. The Balaban J connectivity index is 1.87. The predicted octanol–water partition coefficient (Wildman–Crippen LogP) is 3.39. The first-order valence-electron chi connectivity index (χ1n) is 8.88. The Bertz CT molecular complexity index is 1200. The van der Waals surface area contributed by atoms with Crippen LogP contribution in [0.1, 0.15) is 22.4 Å². The third kappa shape index (κ3) is 2.74. The molecule has 1 fully saturated rings. The molecule has 138 valence electrons. The zero-order valence-corrected chi connectivity index (χ0v) is 15.6. The summed E-state index contributed by atoms with van der Waals surface area (Å²) in [5, 5.41) is 13.0. The number of imide groups is 1. The molecule has 4 rings (SSSR count). The van der Waals surface area contributed by atoms with Gasteiger partial charge in [0.05, 0.1) is 11.6 Å². The molecular formula is C22H18N4O2. The number of nitrogens with zero attached hydrogens (tertiary/aromatic N) is 3. The molecule has 1 saturated heterocycles. The molecule has 2 heterocycles. The van der Waals surface area contributed by atoms with E-state index >= 15 is 0 Å². The highest BCUT2D eigenvalue weighted by atomic mass is 16.2. The second-order valence-electron chi connectivity index (χ2n) is 6.72. The molecule has 0 bridgehead atoms. The van der Waals surface area contributed by atoms with Crippen molar-refractivity contribution in [2.45, 2.75) is 13.5 Å². The van der Waals surface area contributed by atoms with Crippen LogP contribution in [0, 0.1) is 18.3 Å². The number of carbonyl (C=O) groups excluding carboxylic acids is 2. The van der Waals surface area contributed by atoms with Gasteiger partial charge >= 0.3 is 6.03 Å². The maximum Gasteiger partial charge on any atom is 0.328 e. The van der Waals surface area contributed by atoms with Gasteiger partial charge in [-0.15, -0.1) is 0 Å². The largest absolute Gasteiger partial charge is 0.340 e. The quantitative estimate of drug-likeness (QED) is 0.567. The molecule has 3 aromatic rings. The van der Waals surface area contributed by atoms with Crippen LogP contribution in [0.2, 0.25) is 0 Å². The van der Waals surface area contributed by atoms with Crippen molar-refractivity contribution in [2.24, 2.45) is 0 Å². The lowest BCUT2D eigenvalue weighted by Crippen LogP contribution is -2.25. The van der Waals surface area contributed by atoms with Crippen molar-refractivity contribution in [3.8, 4) is 6.07 Å². The van der Waals surface area contributed by atoms with Crippen molar-refractivity contribution >= 4 is 28.9 Å². The van der Waals surface area contributed by atoms with Gasteiger partial charge in [0.15, 0.2) is 0 Å². The molecule has 28 heavy (non-hydrogen) atoms. The molecule has 2 aromatic carbocycles. The molecule has 6 heteroatoms. The number of fused-ring (bicyclic) bond motifs is 1. The van der Waals surface area contributed by atoms with E-state index in [1.165, 1.54) is 7.05 Å². The van der Waals surface area contributed by atoms with E-state index in [9.17, 15) is 14.9 Å². The fourth-order valence-corrected chi connectivity index (χ4v) is 3.55. The second-order valence-corrected chi connectivity index (χ2v) is 6.72. The molecule has 1 aliphatic heterocycles. The smallest absolute Gasteiger partial charge is 0.328 e. The van der Waals surface area contributed by atoms with E-state index < -0.39 is 6.03 Å². The van der Waals surface area contributed by atoms with Crippen molar-refractivity contribution in [3.63, 3.8) is 0 Å². The van der Waals surface area contributed by atoms with Gasteiger partial charge in [0.25, 0.3) is 5.91 Å². The number of likely N-dealkylation sites (N-methyl/N-ethyl adjacent to an activating group) is 1. The van der Waals surface area contributed by atoms with Gasteiger partial charge in [-0.1, -0.05) is 36.4 Å². The molecule has 0 unspecified atom stereocenters. The lowest BCUT2D eigenvalue weighted by atomic mass is 10.1.